The van der Waals surface area contributed by atoms with Crippen LogP contribution in [0.5, 0.6) is 5.75 Å². The van der Waals surface area contributed by atoms with E-state index in [1.165, 1.54) is 53.4 Å². The molecular formula is C34H30F6N4O5S. The number of carbonyl (C=O) groups excluding carboxylic acids is 1. The third kappa shape index (κ3) is 9.59. The highest BCUT2D eigenvalue weighted by molar-refractivity contribution is 7.85. The first-order valence-corrected chi connectivity index (χ1v) is 16.2. The van der Waals surface area contributed by atoms with E-state index in [2.05, 4.69) is 15.0 Å². The van der Waals surface area contributed by atoms with Gasteiger partial charge < -0.3 is 9.64 Å². The number of nitrogens with one attached hydrogen (secondary N) is 1. The number of aromatic nitrogens is 1. The van der Waals surface area contributed by atoms with Gasteiger partial charge in [-0.3, -0.25) is 14.7 Å². The van der Waals surface area contributed by atoms with Crippen LogP contribution in [0.15, 0.2) is 95.9 Å². The quantitative estimate of drug-likeness (QED) is 0.148. The molecule has 0 saturated carbocycles. The molecule has 4 aromatic rings. The number of rotatable bonds is 7. The standard InChI is InChI=1S/C27H22F6N4O2.C7H8O3S/c1-25(2,22-7-4-8-23(35-22)26(28,29)30)36-20-14-21(17-5-3-6-19(13-17)39-27(31,32)33)37(24(20)38)18-11-9-16(15-34)10-12-18;1-6-2-4-7(5-3-6)11(8,9)10/h3-13,20-21,36H,14H2,1-2H3;2-5H,1H3,(H,8,9,10)/t20-,21-;/m1./s1. The Morgan fingerprint density at radius 2 is 1.52 bits per heavy atom. The average Bonchev–Trinajstić information content (AvgIpc) is 3.35. The third-order valence-corrected chi connectivity index (χ3v) is 8.46. The highest BCUT2D eigenvalue weighted by Crippen LogP contribution is 2.40. The summed E-state index contributed by atoms with van der Waals surface area (Å²) in [4.78, 5) is 18.7. The van der Waals surface area contributed by atoms with Gasteiger partial charge in [-0.05, 0) is 93.4 Å². The second-order valence-electron chi connectivity index (χ2n) is 11.8. The Balaban J connectivity index is 0.000000435. The summed E-state index contributed by atoms with van der Waals surface area (Å²) in [6, 6.07) is 21.1. The number of aryl methyl sites for hydroxylation is 1. The van der Waals surface area contributed by atoms with Gasteiger partial charge in [0.05, 0.1) is 39.8 Å². The fraction of sp³-hybridized carbons (Fsp3) is 0.265. The minimum atomic E-state index is -4.91. The zero-order valence-electron chi connectivity index (χ0n) is 26.6. The van der Waals surface area contributed by atoms with Gasteiger partial charge in [-0.25, -0.2) is 4.98 Å². The van der Waals surface area contributed by atoms with E-state index < -0.39 is 57.6 Å². The van der Waals surface area contributed by atoms with Gasteiger partial charge in [0.1, 0.15) is 11.4 Å². The summed E-state index contributed by atoms with van der Waals surface area (Å²) >= 11 is 0. The molecular weight excluding hydrogens is 690 g/mol. The first kappa shape index (κ1) is 37.8. The molecule has 16 heteroatoms. The number of nitrogens with zero attached hydrogens (tertiary/aromatic N) is 3. The van der Waals surface area contributed by atoms with E-state index in [0.29, 0.717) is 16.8 Å². The van der Waals surface area contributed by atoms with E-state index in [4.69, 9.17) is 9.81 Å². The molecule has 264 valence electrons. The Bertz CT molecular complexity index is 1980. The highest BCUT2D eigenvalue weighted by Gasteiger charge is 2.44. The Morgan fingerprint density at radius 1 is 0.920 bits per heavy atom. The molecule has 2 N–H and O–H groups in total. The number of halogens is 6. The normalized spacial score (nSPS) is 16.7. The number of hydrogen-bond acceptors (Lipinski definition) is 7. The second kappa shape index (κ2) is 14.5. The minimum absolute atomic E-state index is 0.0547. The summed E-state index contributed by atoms with van der Waals surface area (Å²) in [7, 11) is -4.02. The molecule has 1 aliphatic heterocycles. The molecule has 0 bridgehead atoms. The van der Waals surface area contributed by atoms with Gasteiger partial charge in [0.2, 0.25) is 5.91 Å². The summed E-state index contributed by atoms with van der Waals surface area (Å²) in [5.74, 6) is -0.913. The van der Waals surface area contributed by atoms with Crippen molar-refractivity contribution < 1.29 is 48.8 Å². The van der Waals surface area contributed by atoms with Gasteiger partial charge in [-0.15, -0.1) is 13.2 Å². The lowest BCUT2D eigenvalue weighted by Crippen LogP contribution is -2.48. The number of benzene rings is 3. The molecule has 0 aliphatic carbocycles. The largest absolute Gasteiger partial charge is 0.573 e. The van der Waals surface area contributed by atoms with Crippen LogP contribution in [0.4, 0.5) is 32.0 Å². The van der Waals surface area contributed by atoms with E-state index >= 15 is 0 Å². The van der Waals surface area contributed by atoms with Crippen LogP contribution in [0.3, 0.4) is 0 Å². The Kier molecular flexibility index (Phi) is 11.0. The molecule has 0 spiro atoms. The van der Waals surface area contributed by atoms with Crippen molar-refractivity contribution in [2.75, 3.05) is 4.90 Å². The highest BCUT2D eigenvalue weighted by atomic mass is 32.2. The molecule has 2 heterocycles. The summed E-state index contributed by atoms with van der Waals surface area (Å²) < 4.78 is 112. The topological polar surface area (TPSA) is 133 Å². The van der Waals surface area contributed by atoms with E-state index in [9.17, 15) is 39.6 Å². The van der Waals surface area contributed by atoms with Crippen molar-refractivity contribution in [3.05, 3.63) is 119 Å². The van der Waals surface area contributed by atoms with Crippen molar-refractivity contribution in [2.45, 2.75) is 62.2 Å². The number of pyridine rings is 1. The molecule has 1 amide bonds. The van der Waals surface area contributed by atoms with Crippen molar-refractivity contribution >= 4 is 21.7 Å². The zero-order valence-corrected chi connectivity index (χ0v) is 27.4. The molecule has 1 aliphatic rings. The van der Waals surface area contributed by atoms with Crippen molar-refractivity contribution in [1.29, 1.82) is 5.26 Å². The average molecular weight is 721 g/mol. The predicted octanol–water partition coefficient (Wildman–Crippen LogP) is 7.48. The van der Waals surface area contributed by atoms with E-state index in [1.807, 2.05) is 13.0 Å². The maximum absolute atomic E-state index is 13.7. The van der Waals surface area contributed by atoms with Crippen LogP contribution in [0.1, 0.15) is 54.4 Å². The molecule has 1 fully saturated rings. The Morgan fingerprint density at radius 3 is 2.08 bits per heavy atom. The smallest absolute Gasteiger partial charge is 0.406 e. The van der Waals surface area contributed by atoms with Gasteiger partial charge in [0.25, 0.3) is 10.1 Å². The van der Waals surface area contributed by atoms with Crippen molar-refractivity contribution in [3.8, 4) is 11.8 Å². The second-order valence-corrected chi connectivity index (χ2v) is 13.2. The van der Waals surface area contributed by atoms with Crippen LogP contribution in [0.25, 0.3) is 0 Å². The van der Waals surface area contributed by atoms with Gasteiger partial charge in [0, 0.05) is 5.69 Å². The molecule has 0 radical (unpaired) electrons. The molecule has 9 nitrogen and oxygen atoms in total. The number of anilines is 1. The van der Waals surface area contributed by atoms with Crippen molar-refractivity contribution in [1.82, 2.24) is 10.3 Å². The summed E-state index contributed by atoms with van der Waals surface area (Å²) in [5.41, 5.74) is -0.163. The molecule has 50 heavy (non-hydrogen) atoms. The summed E-state index contributed by atoms with van der Waals surface area (Å²) in [5, 5.41) is 12.2. The summed E-state index contributed by atoms with van der Waals surface area (Å²) in [6.07, 6.45) is -9.49. The molecule has 1 saturated heterocycles. The number of alkyl halides is 6. The molecule has 5 rings (SSSR count). The number of nitriles is 1. The Hall–Kier alpha value is -4.98. The van der Waals surface area contributed by atoms with E-state index in [1.54, 1.807) is 44.2 Å². The monoisotopic (exact) mass is 720 g/mol. The van der Waals surface area contributed by atoms with Crippen LogP contribution in [-0.2, 0) is 26.6 Å². The van der Waals surface area contributed by atoms with E-state index in [0.717, 1.165) is 17.7 Å². The third-order valence-electron chi connectivity index (χ3n) is 7.59. The van der Waals surface area contributed by atoms with Crippen LogP contribution in [0.2, 0.25) is 0 Å². The summed E-state index contributed by atoms with van der Waals surface area (Å²) in [6.45, 7) is 5.01. The molecule has 0 unspecified atom stereocenters. The van der Waals surface area contributed by atoms with E-state index in [-0.39, 0.29) is 17.0 Å². The number of ether oxygens (including phenoxy) is 1. The van der Waals surface area contributed by atoms with Crippen LogP contribution in [0, 0.1) is 18.3 Å². The number of hydrogen-bond donors (Lipinski definition) is 2. The maximum atomic E-state index is 13.7. The zero-order chi connectivity index (χ0) is 37.1. The van der Waals surface area contributed by atoms with Crippen molar-refractivity contribution in [3.63, 3.8) is 0 Å². The number of amides is 1. The fourth-order valence-corrected chi connectivity index (χ4v) is 5.72. The predicted molar refractivity (Wildman–Crippen MR) is 169 cm³/mol. The first-order valence-electron chi connectivity index (χ1n) is 14.7. The van der Waals surface area contributed by atoms with Crippen molar-refractivity contribution in [2.24, 2.45) is 0 Å². The van der Waals surface area contributed by atoms with Crippen LogP contribution in [-0.4, -0.2) is 36.3 Å². The molecule has 1 aromatic heterocycles. The minimum Gasteiger partial charge on any atom is -0.406 e. The number of carbonyl (C=O) groups is 1. The lowest BCUT2D eigenvalue weighted by atomic mass is 9.96. The fourth-order valence-electron chi connectivity index (χ4n) is 5.24. The van der Waals surface area contributed by atoms with Gasteiger partial charge in [-0.2, -0.15) is 26.9 Å². The Labute approximate surface area is 283 Å². The van der Waals surface area contributed by atoms with Crippen LogP contribution < -0.4 is 15.0 Å². The van der Waals surface area contributed by atoms with Gasteiger partial charge in [-0.1, -0.05) is 35.9 Å². The lowest BCUT2D eigenvalue weighted by molar-refractivity contribution is -0.274. The lowest BCUT2D eigenvalue weighted by Gasteiger charge is -2.29. The molecule has 2 atom stereocenters. The van der Waals surface area contributed by atoms with Gasteiger partial charge in [0.15, 0.2) is 0 Å². The maximum Gasteiger partial charge on any atom is 0.573 e. The van der Waals surface area contributed by atoms with Crippen LogP contribution >= 0.6 is 0 Å². The first-order chi connectivity index (χ1) is 23.2. The molecule has 3 aromatic carbocycles. The van der Waals surface area contributed by atoms with Gasteiger partial charge >= 0.3 is 12.5 Å². The SMILES string of the molecule is CC(C)(N[C@@H]1C[C@H](c2cccc(OC(F)(F)F)c2)N(c2ccc(C#N)cc2)C1=O)c1cccc(C(F)(F)F)n1.Cc1ccc(S(=O)(=O)O)cc1.